The number of hydroxylamine groups is 1. The molecule has 0 saturated carbocycles. The molecule has 0 amide bonds. The standard InChI is InChI=1S/C19H8F10N2O/c20-14-2-1-9(3-10(14)8-30)15-7-16(32-31-15,19(27,28)29)11-4-12(17(21,22)23)6-13(5-11)18(24,25)26/h1-7,31H. The SMILES string of the molecule is N#Cc1cc(C2=CC(c3cc(C(F)(F)F)cc(C(F)(F)F)c3)(C(F)(F)F)ON2)ccc1F. The molecular formula is C19H8F10N2O. The Morgan fingerprint density at radius 3 is 1.88 bits per heavy atom. The predicted octanol–water partition coefficient (Wildman–Crippen LogP) is 6.07. The fraction of sp³-hybridized carbons (Fsp3) is 0.211. The van der Waals surface area contributed by atoms with Crippen molar-refractivity contribution >= 4 is 5.70 Å². The van der Waals surface area contributed by atoms with Crippen LogP contribution in [0.15, 0.2) is 42.5 Å². The van der Waals surface area contributed by atoms with Crippen molar-refractivity contribution in [3.63, 3.8) is 0 Å². The molecule has 2 aromatic carbocycles. The smallest absolute Gasteiger partial charge is 0.265 e. The molecule has 0 radical (unpaired) electrons. The monoisotopic (exact) mass is 470 g/mol. The molecule has 0 aromatic heterocycles. The van der Waals surface area contributed by atoms with E-state index >= 15 is 0 Å². The van der Waals surface area contributed by atoms with Crippen LogP contribution in [0, 0.1) is 17.1 Å². The summed E-state index contributed by atoms with van der Waals surface area (Å²) in [5.74, 6) is -0.995. The highest BCUT2D eigenvalue weighted by Gasteiger charge is 2.60. The van der Waals surface area contributed by atoms with Crippen LogP contribution in [0.25, 0.3) is 5.70 Å². The zero-order valence-corrected chi connectivity index (χ0v) is 15.2. The molecule has 0 aliphatic carbocycles. The van der Waals surface area contributed by atoms with Gasteiger partial charge in [-0.05, 0) is 42.5 Å². The molecule has 0 bridgehead atoms. The first kappa shape index (κ1) is 23.4. The highest BCUT2D eigenvalue weighted by atomic mass is 19.4. The van der Waals surface area contributed by atoms with Crippen molar-refractivity contribution < 1.29 is 48.7 Å². The molecule has 1 heterocycles. The highest BCUT2D eigenvalue weighted by Crippen LogP contribution is 2.49. The van der Waals surface area contributed by atoms with Crippen LogP contribution >= 0.6 is 0 Å². The zero-order chi connectivity index (χ0) is 24.1. The first-order valence-corrected chi connectivity index (χ1v) is 8.32. The second kappa shape index (κ2) is 7.40. The van der Waals surface area contributed by atoms with Gasteiger partial charge in [-0.15, -0.1) is 0 Å². The Kier molecular flexibility index (Phi) is 5.41. The molecule has 3 rings (SSSR count). The molecule has 1 aliphatic rings. The van der Waals surface area contributed by atoms with Crippen molar-refractivity contribution in [3.8, 4) is 6.07 Å². The maximum Gasteiger partial charge on any atom is 0.428 e. The topological polar surface area (TPSA) is 45.0 Å². The van der Waals surface area contributed by atoms with Gasteiger partial charge in [0.2, 0.25) is 5.60 Å². The van der Waals surface area contributed by atoms with Crippen molar-refractivity contribution in [2.75, 3.05) is 0 Å². The molecule has 1 atom stereocenters. The quantitative estimate of drug-likeness (QED) is 0.543. The Labute approximate surface area is 172 Å². The lowest BCUT2D eigenvalue weighted by Crippen LogP contribution is -2.43. The zero-order valence-electron chi connectivity index (χ0n) is 15.2. The van der Waals surface area contributed by atoms with Crippen molar-refractivity contribution in [1.82, 2.24) is 5.48 Å². The van der Waals surface area contributed by atoms with Gasteiger partial charge in [0.25, 0.3) is 0 Å². The molecule has 170 valence electrons. The van der Waals surface area contributed by atoms with E-state index in [1.165, 1.54) is 6.07 Å². The lowest BCUT2D eigenvalue weighted by molar-refractivity contribution is -0.269. The van der Waals surface area contributed by atoms with Crippen LogP contribution in [0.1, 0.15) is 27.8 Å². The number of hydrogen-bond acceptors (Lipinski definition) is 3. The van der Waals surface area contributed by atoms with Gasteiger partial charge < -0.3 is 0 Å². The van der Waals surface area contributed by atoms with E-state index in [4.69, 9.17) is 5.26 Å². The second-order valence-electron chi connectivity index (χ2n) is 6.60. The van der Waals surface area contributed by atoms with Crippen LogP contribution in [-0.4, -0.2) is 6.18 Å². The Balaban J connectivity index is 2.26. The van der Waals surface area contributed by atoms with Gasteiger partial charge >= 0.3 is 18.5 Å². The summed E-state index contributed by atoms with van der Waals surface area (Å²) in [6.45, 7) is 0. The second-order valence-corrected chi connectivity index (χ2v) is 6.60. The van der Waals surface area contributed by atoms with Crippen LogP contribution in [0.2, 0.25) is 0 Å². The first-order valence-electron chi connectivity index (χ1n) is 8.32. The van der Waals surface area contributed by atoms with Gasteiger partial charge in [0.1, 0.15) is 11.9 Å². The molecule has 0 spiro atoms. The number of nitrogens with one attached hydrogen (secondary N) is 1. The van der Waals surface area contributed by atoms with Gasteiger partial charge in [-0.2, -0.15) is 44.8 Å². The molecule has 1 aliphatic heterocycles. The van der Waals surface area contributed by atoms with Gasteiger partial charge in [0.15, 0.2) is 0 Å². The third-order valence-electron chi connectivity index (χ3n) is 4.51. The highest BCUT2D eigenvalue weighted by molar-refractivity contribution is 5.68. The van der Waals surface area contributed by atoms with Gasteiger partial charge in [-0.25, -0.2) is 4.39 Å². The van der Waals surface area contributed by atoms with Crippen molar-refractivity contribution in [2.24, 2.45) is 0 Å². The van der Waals surface area contributed by atoms with Gasteiger partial charge in [0.05, 0.1) is 22.4 Å². The third kappa shape index (κ3) is 4.10. The Hall–Kier alpha value is -3.27. The molecule has 13 heteroatoms. The summed E-state index contributed by atoms with van der Waals surface area (Å²) in [5.41, 5.74) is -8.70. The van der Waals surface area contributed by atoms with E-state index in [2.05, 4.69) is 4.84 Å². The first-order chi connectivity index (χ1) is 14.6. The van der Waals surface area contributed by atoms with Crippen molar-refractivity contribution in [3.05, 3.63) is 76.1 Å². The van der Waals surface area contributed by atoms with E-state index < -0.39 is 57.9 Å². The van der Waals surface area contributed by atoms with E-state index in [0.717, 1.165) is 18.2 Å². The summed E-state index contributed by atoms with van der Waals surface area (Å²) in [5, 5.41) is 8.85. The molecule has 1 N–H and O–H groups in total. The molecular weight excluding hydrogens is 462 g/mol. The minimum absolute atomic E-state index is 0.102. The van der Waals surface area contributed by atoms with Gasteiger partial charge in [-0.3, -0.25) is 10.3 Å². The van der Waals surface area contributed by atoms with Crippen LogP contribution in [0.3, 0.4) is 0 Å². The number of rotatable bonds is 2. The van der Waals surface area contributed by atoms with Crippen LogP contribution in [-0.2, 0) is 22.8 Å². The molecule has 2 aromatic rings. The minimum atomic E-state index is -5.52. The maximum atomic E-state index is 14.0. The summed E-state index contributed by atoms with van der Waals surface area (Å²) in [4.78, 5) is 4.52. The Bertz CT molecular complexity index is 1090. The number of benzene rings is 2. The maximum absolute atomic E-state index is 14.0. The van der Waals surface area contributed by atoms with Crippen molar-refractivity contribution in [2.45, 2.75) is 24.1 Å². The average molecular weight is 470 g/mol. The lowest BCUT2D eigenvalue weighted by Gasteiger charge is -2.29. The number of hydrogen-bond donors (Lipinski definition) is 1. The lowest BCUT2D eigenvalue weighted by atomic mass is 9.88. The van der Waals surface area contributed by atoms with E-state index in [0.29, 0.717) is 0 Å². The van der Waals surface area contributed by atoms with Gasteiger partial charge in [0, 0.05) is 11.1 Å². The molecule has 0 saturated heterocycles. The number of alkyl halides is 9. The molecule has 32 heavy (non-hydrogen) atoms. The fourth-order valence-electron chi connectivity index (χ4n) is 2.93. The minimum Gasteiger partial charge on any atom is -0.265 e. The molecule has 3 nitrogen and oxygen atoms in total. The summed E-state index contributed by atoms with van der Waals surface area (Å²) < 4.78 is 134. The van der Waals surface area contributed by atoms with Crippen LogP contribution < -0.4 is 5.48 Å². The van der Waals surface area contributed by atoms with Gasteiger partial charge in [-0.1, -0.05) is 0 Å². The molecule has 0 fully saturated rings. The number of halogens is 10. The Morgan fingerprint density at radius 1 is 0.844 bits per heavy atom. The summed E-state index contributed by atoms with van der Waals surface area (Å²) in [6, 6.07) is 3.44. The average Bonchev–Trinajstić information content (AvgIpc) is 3.13. The van der Waals surface area contributed by atoms with E-state index in [1.54, 1.807) is 5.48 Å². The third-order valence-corrected chi connectivity index (χ3v) is 4.51. The summed E-state index contributed by atoms with van der Waals surface area (Å²) >= 11 is 0. The predicted molar refractivity (Wildman–Crippen MR) is 87.5 cm³/mol. The summed E-state index contributed by atoms with van der Waals surface area (Å²) in [6.07, 6.45) is -16.1. The van der Waals surface area contributed by atoms with Crippen molar-refractivity contribution in [1.29, 1.82) is 5.26 Å². The normalized spacial score (nSPS) is 19.3. The number of nitriles is 1. The fourth-order valence-corrected chi connectivity index (χ4v) is 2.93. The van der Waals surface area contributed by atoms with E-state index in [-0.39, 0.29) is 29.8 Å². The number of nitrogens with zero attached hydrogens (tertiary/aromatic N) is 1. The largest absolute Gasteiger partial charge is 0.428 e. The Morgan fingerprint density at radius 2 is 1.41 bits per heavy atom. The van der Waals surface area contributed by atoms with Crippen LogP contribution in [0.5, 0.6) is 0 Å². The van der Waals surface area contributed by atoms with E-state index in [9.17, 15) is 43.9 Å². The molecule has 1 unspecified atom stereocenters. The summed E-state index contributed by atoms with van der Waals surface area (Å²) in [7, 11) is 0. The van der Waals surface area contributed by atoms with Crippen LogP contribution in [0.4, 0.5) is 43.9 Å². The van der Waals surface area contributed by atoms with E-state index in [1.807, 2.05) is 0 Å².